The highest BCUT2D eigenvalue weighted by molar-refractivity contribution is 9.10. The monoisotopic (exact) mass is 518 g/mol. The SMILES string of the molecule is COC(=O)C1(C(=O)OC)CC(c2ccc(Br)cc2)OC12C(c1ccccc1)=C2c1ccccc1. The van der Waals surface area contributed by atoms with Crippen molar-refractivity contribution in [2.75, 3.05) is 14.2 Å². The molecule has 172 valence electrons. The summed E-state index contributed by atoms with van der Waals surface area (Å²) in [5, 5.41) is 0. The molecular formula is C28H23BrO5. The highest BCUT2D eigenvalue weighted by Gasteiger charge is 2.80. The Balaban J connectivity index is 1.75. The second kappa shape index (κ2) is 8.53. The molecule has 5 nitrogen and oxygen atoms in total. The lowest BCUT2D eigenvalue weighted by Crippen LogP contribution is -2.51. The Morgan fingerprint density at radius 3 is 1.71 bits per heavy atom. The lowest BCUT2D eigenvalue weighted by Gasteiger charge is -2.31. The van der Waals surface area contributed by atoms with Gasteiger partial charge in [0.05, 0.1) is 20.3 Å². The van der Waals surface area contributed by atoms with E-state index < -0.39 is 29.1 Å². The van der Waals surface area contributed by atoms with Crippen molar-refractivity contribution in [1.29, 1.82) is 0 Å². The zero-order valence-corrected chi connectivity index (χ0v) is 20.4. The molecule has 0 radical (unpaired) electrons. The van der Waals surface area contributed by atoms with Gasteiger partial charge < -0.3 is 14.2 Å². The van der Waals surface area contributed by atoms with Gasteiger partial charge in [0.2, 0.25) is 5.41 Å². The van der Waals surface area contributed by atoms with Crippen LogP contribution in [0.5, 0.6) is 0 Å². The van der Waals surface area contributed by atoms with Gasteiger partial charge in [-0.25, -0.2) is 0 Å². The van der Waals surface area contributed by atoms with Crippen LogP contribution in [0.4, 0.5) is 0 Å². The molecule has 1 aliphatic heterocycles. The van der Waals surface area contributed by atoms with E-state index in [1.54, 1.807) is 0 Å². The third-order valence-electron chi connectivity index (χ3n) is 6.74. The summed E-state index contributed by atoms with van der Waals surface area (Å²) in [6.45, 7) is 0. The van der Waals surface area contributed by atoms with E-state index in [1.165, 1.54) is 14.2 Å². The largest absolute Gasteiger partial charge is 0.468 e. The van der Waals surface area contributed by atoms with E-state index in [2.05, 4.69) is 15.9 Å². The lowest BCUT2D eigenvalue weighted by atomic mass is 9.72. The predicted octanol–water partition coefficient (Wildman–Crippen LogP) is 5.61. The average Bonchev–Trinajstić information content (AvgIpc) is 3.42. The minimum atomic E-state index is -1.69. The van der Waals surface area contributed by atoms with Gasteiger partial charge in [0.15, 0.2) is 0 Å². The van der Waals surface area contributed by atoms with Crippen LogP contribution >= 0.6 is 15.9 Å². The van der Waals surface area contributed by atoms with E-state index in [9.17, 15) is 9.59 Å². The van der Waals surface area contributed by atoms with Crippen molar-refractivity contribution in [3.8, 4) is 0 Å². The van der Waals surface area contributed by atoms with E-state index in [-0.39, 0.29) is 6.42 Å². The van der Waals surface area contributed by atoms with Gasteiger partial charge >= 0.3 is 11.9 Å². The fraction of sp³-hybridized carbons (Fsp3) is 0.214. The van der Waals surface area contributed by atoms with Gasteiger partial charge in [-0.1, -0.05) is 88.7 Å². The maximum Gasteiger partial charge on any atom is 0.327 e. The molecule has 2 aliphatic rings. The Bertz CT molecular complexity index is 1200. The first-order valence-electron chi connectivity index (χ1n) is 11.0. The third kappa shape index (κ3) is 3.16. The second-order valence-corrected chi connectivity index (χ2v) is 9.33. The number of rotatable bonds is 5. The maximum absolute atomic E-state index is 13.5. The first-order valence-corrected chi connectivity index (χ1v) is 11.7. The summed E-state index contributed by atoms with van der Waals surface area (Å²) >= 11 is 3.46. The van der Waals surface area contributed by atoms with E-state index in [0.29, 0.717) is 0 Å². The molecule has 0 amide bonds. The van der Waals surface area contributed by atoms with Gasteiger partial charge in [0, 0.05) is 22.0 Å². The first kappa shape index (κ1) is 22.6. The van der Waals surface area contributed by atoms with Crippen molar-refractivity contribution in [3.63, 3.8) is 0 Å². The van der Waals surface area contributed by atoms with Crippen LogP contribution in [0.25, 0.3) is 11.1 Å². The van der Waals surface area contributed by atoms with E-state index >= 15 is 0 Å². The summed E-state index contributed by atoms with van der Waals surface area (Å²) < 4.78 is 18.2. The Morgan fingerprint density at radius 2 is 1.26 bits per heavy atom. The minimum absolute atomic E-state index is 0.0979. The smallest absolute Gasteiger partial charge is 0.327 e. The first-order chi connectivity index (χ1) is 16.5. The number of hydrogen-bond donors (Lipinski definition) is 0. The highest BCUT2D eigenvalue weighted by Crippen LogP contribution is 2.73. The second-order valence-electron chi connectivity index (χ2n) is 8.41. The van der Waals surface area contributed by atoms with Crippen LogP contribution in [-0.4, -0.2) is 31.8 Å². The van der Waals surface area contributed by atoms with Crippen molar-refractivity contribution in [2.24, 2.45) is 5.41 Å². The zero-order valence-electron chi connectivity index (χ0n) is 18.8. The van der Waals surface area contributed by atoms with Crippen LogP contribution in [0, 0.1) is 5.41 Å². The van der Waals surface area contributed by atoms with Gasteiger partial charge in [-0.2, -0.15) is 0 Å². The summed E-state index contributed by atoms with van der Waals surface area (Å²) in [7, 11) is 2.58. The number of ether oxygens (including phenoxy) is 3. The van der Waals surface area contributed by atoms with Crippen LogP contribution in [0.3, 0.4) is 0 Å². The molecule has 1 spiro atoms. The molecule has 0 saturated carbocycles. The number of carbonyl (C=O) groups excluding carboxylic acids is 2. The van der Waals surface area contributed by atoms with Crippen LogP contribution in [0.1, 0.15) is 29.2 Å². The number of esters is 2. The Morgan fingerprint density at radius 1 is 0.794 bits per heavy atom. The quantitative estimate of drug-likeness (QED) is 0.324. The molecule has 1 aliphatic carbocycles. The van der Waals surface area contributed by atoms with Gasteiger partial charge in [-0.15, -0.1) is 0 Å². The van der Waals surface area contributed by atoms with Crippen LogP contribution in [0.2, 0.25) is 0 Å². The molecule has 34 heavy (non-hydrogen) atoms. The summed E-state index contributed by atoms with van der Waals surface area (Å²) in [5.41, 5.74) is 1.23. The molecular weight excluding hydrogens is 496 g/mol. The van der Waals surface area contributed by atoms with Crippen molar-refractivity contribution in [1.82, 2.24) is 0 Å². The summed E-state index contributed by atoms with van der Waals surface area (Å²) in [5.74, 6) is -1.34. The predicted molar refractivity (Wildman–Crippen MR) is 131 cm³/mol. The van der Waals surface area contributed by atoms with Crippen LogP contribution in [-0.2, 0) is 23.8 Å². The Hall–Kier alpha value is -3.22. The molecule has 1 saturated heterocycles. The topological polar surface area (TPSA) is 61.8 Å². The van der Waals surface area contributed by atoms with Gasteiger partial charge in [0.1, 0.15) is 5.60 Å². The fourth-order valence-electron chi connectivity index (χ4n) is 5.24. The van der Waals surface area contributed by atoms with Gasteiger partial charge in [-0.05, 0) is 28.8 Å². The van der Waals surface area contributed by atoms with E-state index in [1.807, 2.05) is 84.9 Å². The van der Waals surface area contributed by atoms with E-state index in [4.69, 9.17) is 14.2 Å². The molecule has 1 heterocycles. The number of halogens is 1. The van der Waals surface area contributed by atoms with Crippen molar-refractivity contribution in [2.45, 2.75) is 18.1 Å². The number of carbonyl (C=O) groups is 2. The average molecular weight is 519 g/mol. The van der Waals surface area contributed by atoms with Gasteiger partial charge in [0.25, 0.3) is 0 Å². The Labute approximate surface area is 206 Å². The summed E-state index contributed by atoms with van der Waals surface area (Å²) in [6, 6.07) is 27.1. The fourth-order valence-corrected chi connectivity index (χ4v) is 5.50. The lowest BCUT2D eigenvalue weighted by molar-refractivity contribution is -0.173. The molecule has 6 heteroatoms. The molecule has 3 aromatic carbocycles. The number of benzene rings is 3. The number of hydrogen-bond acceptors (Lipinski definition) is 5. The van der Waals surface area contributed by atoms with Crippen LogP contribution in [0.15, 0.2) is 89.4 Å². The van der Waals surface area contributed by atoms with Crippen molar-refractivity contribution < 1.29 is 23.8 Å². The molecule has 1 atom stereocenters. The molecule has 3 aromatic rings. The molecule has 0 bridgehead atoms. The Kier molecular flexibility index (Phi) is 5.66. The summed E-state index contributed by atoms with van der Waals surface area (Å²) in [4.78, 5) is 27.1. The molecule has 1 fully saturated rings. The maximum atomic E-state index is 13.5. The van der Waals surface area contributed by atoms with E-state index in [0.717, 1.165) is 32.3 Å². The van der Waals surface area contributed by atoms with Gasteiger partial charge in [-0.3, -0.25) is 9.59 Å². The molecule has 0 N–H and O–H groups in total. The molecule has 0 aromatic heterocycles. The van der Waals surface area contributed by atoms with Crippen molar-refractivity contribution >= 4 is 39.0 Å². The normalized spacial score (nSPS) is 19.7. The zero-order chi connectivity index (χ0) is 23.9. The highest BCUT2D eigenvalue weighted by atomic mass is 79.9. The minimum Gasteiger partial charge on any atom is -0.468 e. The number of methoxy groups -OCH3 is 2. The van der Waals surface area contributed by atoms with Crippen LogP contribution < -0.4 is 0 Å². The van der Waals surface area contributed by atoms with Crippen molar-refractivity contribution in [3.05, 3.63) is 106 Å². The summed E-state index contributed by atoms with van der Waals surface area (Å²) in [6.07, 6.45) is -0.424. The molecule has 1 unspecified atom stereocenters. The molecule has 5 rings (SSSR count). The standard InChI is InChI=1S/C28H23BrO5/c1-32-25(30)27(26(31)33-2)17-22(18-13-15-21(29)16-14-18)34-28(27)23(19-9-5-3-6-10-19)24(28)20-11-7-4-8-12-20/h3-16,22H,17H2,1-2H3. The third-order valence-corrected chi connectivity index (χ3v) is 7.27.